The molecule has 0 N–H and O–H groups in total. The van der Waals surface area contributed by atoms with Gasteiger partial charge in [-0.05, 0) is 44.4 Å². The fourth-order valence-electron chi connectivity index (χ4n) is 2.68. The smallest absolute Gasteiger partial charge is 0.282 e. The van der Waals surface area contributed by atoms with Crippen molar-refractivity contribution in [3.63, 3.8) is 0 Å². The SMILES string of the molecule is CC1=NN(c2cccc(Cl)c2)C(=O)/C1=C/N1CCCCC1. The van der Waals surface area contributed by atoms with Gasteiger partial charge in [0.25, 0.3) is 5.91 Å². The predicted octanol–water partition coefficient (Wildman–Crippen LogP) is 3.43. The van der Waals surface area contributed by atoms with E-state index in [0.29, 0.717) is 16.3 Å². The number of likely N-dealkylation sites (tertiary alicyclic amines) is 1. The van der Waals surface area contributed by atoms with Crippen LogP contribution in [0, 0.1) is 0 Å². The van der Waals surface area contributed by atoms with E-state index in [9.17, 15) is 4.79 Å². The van der Waals surface area contributed by atoms with Crippen molar-refractivity contribution in [1.29, 1.82) is 0 Å². The number of piperidine rings is 1. The third kappa shape index (κ3) is 2.95. The normalized spacial score (nSPS) is 21.1. The maximum Gasteiger partial charge on any atom is 0.282 e. The molecule has 0 bridgehead atoms. The molecule has 5 heteroatoms. The molecule has 0 atom stereocenters. The lowest BCUT2D eigenvalue weighted by atomic mass is 10.1. The highest BCUT2D eigenvalue weighted by molar-refractivity contribution is 6.32. The minimum Gasteiger partial charge on any atom is -0.377 e. The van der Waals surface area contributed by atoms with Crippen LogP contribution in [0.1, 0.15) is 26.2 Å². The molecule has 1 aromatic rings. The van der Waals surface area contributed by atoms with Crippen molar-refractivity contribution in [2.24, 2.45) is 5.10 Å². The Hall–Kier alpha value is -1.81. The van der Waals surface area contributed by atoms with Crippen LogP contribution in [0.4, 0.5) is 5.69 Å². The Kier molecular flexibility index (Phi) is 3.97. The van der Waals surface area contributed by atoms with Gasteiger partial charge in [0.05, 0.1) is 17.0 Å². The largest absolute Gasteiger partial charge is 0.377 e. The molecule has 1 saturated heterocycles. The van der Waals surface area contributed by atoms with Gasteiger partial charge < -0.3 is 4.90 Å². The van der Waals surface area contributed by atoms with E-state index in [1.54, 1.807) is 12.1 Å². The number of halogens is 1. The van der Waals surface area contributed by atoms with E-state index in [0.717, 1.165) is 18.8 Å². The van der Waals surface area contributed by atoms with Crippen LogP contribution in [0.5, 0.6) is 0 Å². The lowest BCUT2D eigenvalue weighted by Gasteiger charge is -2.25. The second-order valence-electron chi connectivity index (χ2n) is 5.42. The lowest BCUT2D eigenvalue weighted by Crippen LogP contribution is -2.27. The van der Waals surface area contributed by atoms with Gasteiger partial charge in [-0.25, -0.2) is 0 Å². The second-order valence-corrected chi connectivity index (χ2v) is 5.86. The van der Waals surface area contributed by atoms with E-state index >= 15 is 0 Å². The average Bonchev–Trinajstić information content (AvgIpc) is 2.76. The minimum atomic E-state index is -0.0830. The Morgan fingerprint density at radius 2 is 2.00 bits per heavy atom. The van der Waals surface area contributed by atoms with Crippen molar-refractivity contribution in [3.8, 4) is 0 Å². The number of benzene rings is 1. The van der Waals surface area contributed by atoms with E-state index in [1.807, 2.05) is 25.3 Å². The molecule has 110 valence electrons. The van der Waals surface area contributed by atoms with E-state index < -0.39 is 0 Å². The van der Waals surface area contributed by atoms with Crippen molar-refractivity contribution in [3.05, 3.63) is 41.1 Å². The highest BCUT2D eigenvalue weighted by Crippen LogP contribution is 2.26. The van der Waals surface area contributed by atoms with Gasteiger partial charge in [-0.15, -0.1) is 0 Å². The van der Waals surface area contributed by atoms with Crippen LogP contribution in [0.15, 0.2) is 41.1 Å². The summed E-state index contributed by atoms with van der Waals surface area (Å²) in [6.45, 7) is 3.90. The number of carbonyl (C=O) groups is 1. The molecule has 0 spiro atoms. The first-order valence-corrected chi connectivity index (χ1v) is 7.64. The molecular formula is C16H18ClN3O. The zero-order valence-corrected chi connectivity index (χ0v) is 12.8. The van der Waals surface area contributed by atoms with Crippen molar-refractivity contribution < 1.29 is 4.79 Å². The Morgan fingerprint density at radius 1 is 1.24 bits per heavy atom. The van der Waals surface area contributed by atoms with Crippen molar-refractivity contribution >= 4 is 28.9 Å². The molecule has 1 fully saturated rings. The molecule has 2 aliphatic rings. The standard InChI is InChI=1S/C16H18ClN3O/c1-12-15(11-19-8-3-2-4-9-19)16(21)20(18-12)14-7-5-6-13(17)10-14/h5-7,10-11H,2-4,8-9H2,1H3/b15-11+. The monoisotopic (exact) mass is 303 g/mol. The summed E-state index contributed by atoms with van der Waals surface area (Å²) in [5, 5.41) is 6.40. The van der Waals surface area contributed by atoms with Crippen molar-refractivity contribution in [2.45, 2.75) is 26.2 Å². The van der Waals surface area contributed by atoms with Crippen LogP contribution in [0.3, 0.4) is 0 Å². The molecule has 3 rings (SSSR count). The zero-order valence-electron chi connectivity index (χ0n) is 12.1. The fraction of sp³-hybridized carbons (Fsp3) is 0.375. The highest BCUT2D eigenvalue weighted by Gasteiger charge is 2.29. The molecule has 1 aromatic carbocycles. The molecule has 0 aromatic heterocycles. The summed E-state index contributed by atoms with van der Waals surface area (Å²) in [5.41, 5.74) is 2.14. The number of nitrogens with zero attached hydrogens (tertiary/aromatic N) is 3. The third-order valence-corrected chi connectivity index (χ3v) is 4.05. The van der Waals surface area contributed by atoms with Crippen molar-refractivity contribution in [1.82, 2.24) is 4.90 Å². The zero-order chi connectivity index (χ0) is 14.8. The maximum atomic E-state index is 12.6. The molecular weight excluding hydrogens is 286 g/mol. The summed E-state index contributed by atoms with van der Waals surface area (Å²) >= 11 is 5.99. The van der Waals surface area contributed by atoms with Crippen LogP contribution in [-0.2, 0) is 4.79 Å². The number of hydrazone groups is 1. The van der Waals surface area contributed by atoms with Gasteiger partial charge in [-0.3, -0.25) is 4.79 Å². The molecule has 1 amide bonds. The van der Waals surface area contributed by atoms with Gasteiger partial charge in [0.2, 0.25) is 0 Å². The predicted molar refractivity (Wildman–Crippen MR) is 85.6 cm³/mol. The number of anilines is 1. The Labute approximate surface area is 129 Å². The number of amides is 1. The molecule has 2 aliphatic heterocycles. The molecule has 0 saturated carbocycles. The first-order valence-electron chi connectivity index (χ1n) is 7.26. The number of hydrogen-bond acceptors (Lipinski definition) is 3. The Balaban J connectivity index is 1.85. The van der Waals surface area contributed by atoms with Gasteiger partial charge in [-0.1, -0.05) is 17.7 Å². The second kappa shape index (κ2) is 5.90. The van der Waals surface area contributed by atoms with Gasteiger partial charge in [0.15, 0.2) is 0 Å². The van der Waals surface area contributed by atoms with E-state index in [-0.39, 0.29) is 5.91 Å². The molecule has 0 unspecified atom stereocenters. The Morgan fingerprint density at radius 3 is 2.71 bits per heavy atom. The lowest BCUT2D eigenvalue weighted by molar-refractivity contribution is -0.114. The van der Waals surface area contributed by atoms with Gasteiger partial charge in [0, 0.05) is 24.3 Å². The van der Waals surface area contributed by atoms with Crippen LogP contribution in [0.25, 0.3) is 0 Å². The average molecular weight is 304 g/mol. The quantitative estimate of drug-likeness (QED) is 0.785. The Bertz CT molecular complexity index is 618. The van der Waals surface area contributed by atoms with Gasteiger partial charge in [0.1, 0.15) is 0 Å². The van der Waals surface area contributed by atoms with E-state index in [1.165, 1.54) is 24.3 Å². The molecule has 2 heterocycles. The van der Waals surface area contributed by atoms with Crippen LogP contribution in [0.2, 0.25) is 5.02 Å². The van der Waals surface area contributed by atoms with Crippen molar-refractivity contribution in [2.75, 3.05) is 18.1 Å². The summed E-state index contributed by atoms with van der Waals surface area (Å²) in [6, 6.07) is 7.19. The number of carbonyl (C=O) groups excluding carboxylic acids is 1. The minimum absolute atomic E-state index is 0.0830. The first kappa shape index (κ1) is 14.1. The summed E-state index contributed by atoms with van der Waals surface area (Å²) in [5.74, 6) is -0.0830. The van der Waals surface area contributed by atoms with E-state index in [2.05, 4.69) is 10.0 Å². The van der Waals surface area contributed by atoms with E-state index in [4.69, 9.17) is 11.6 Å². The summed E-state index contributed by atoms with van der Waals surface area (Å²) in [6.07, 6.45) is 5.61. The molecule has 21 heavy (non-hydrogen) atoms. The number of rotatable bonds is 2. The number of hydrogen-bond donors (Lipinski definition) is 0. The van der Waals surface area contributed by atoms with Crippen LogP contribution >= 0.6 is 11.6 Å². The van der Waals surface area contributed by atoms with Gasteiger partial charge in [-0.2, -0.15) is 10.1 Å². The summed E-state index contributed by atoms with van der Waals surface area (Å²) < 4.78 is 0. The summed E-state index contributed by atoms with van der Waals surface area (Å²) in [4.78, 5) is 14.8. The topological polar surface area (TPSA) is 35.9 Å². The first-order chi connectivity index (χ1) is 10.1. The fourth-order valence-corrected chi connectivity index (χ4v) is 2.86. The van der Waals surface area contributed by atoms with Gasteiger partial charge >= 0.3 is 0 Å². The highest BCUT2D eigenvalue weighted by atomic mass is 35.5. The molecule has 0 radical (unpaired) electrons. The third-order valence-electron chi connectivity index (χ3n) is 3.82. The molecule has 0 aliphatic carbocycles. The maximum absolute atomic E-state index is 12.6. The van der Waals surface area contributed by atoms with Crippen LogP contribution < -0.4 is 5.01 Å². The summed E-state index contributed by atoms with van der Waals surface area (Å²) in [7, 11) is 0. The molecule has 4 nitrogen and oxygen atoms in total. The van der Waals surface area contributed by atoms with Crippen LogP contribution in [-0.4, -0.2) is 29.6 Å².